The third-order valence-electron chi connectivity index (χ3n) is 7.49. The van der Waals surface area contributed by atoms with Crippen molar-refractivity contribution in [1.29, 1.82) is 0 Å². The number of carbonyl (C=O) groups is 3. The Bertz CT molecular complexity index is 1390. The van der Waals surface area contributed by atoms with Gasteiger partial charge in [-0.25, -0.2) is 14.8 Å². The van der Waals surface area contributed by atoms with E-state index < -0.39 is 5.60 Å². The Balaban J connectivity index is 1.20. The molecule has 0 radical (unpaired) electrons. The molecule has 0 N–H and O–H groups in total. The summed E-state index contributed by atoms with van der Waals surface area (Å²) >= 11 is 0. The summed E-state index contributed by atoms with van der Waals surface area (Å²) < 4.78 is 5.52. The van der Waals surface area contributed by atoms with Crippen molar-refractivity contribution in [3.8, 4) is 11.4 Å². The maximum Gasteiger partial charge on any atom is 0.410 e. The predicted octanol–water partition coefficient (Wildman–Crippen LogP) is 4.81. The van der Waals surface area contributed by atoms with Crippen LogP contribution in [0.2, 0.25) is 0 Å². The molecule has 1 aliphatic carbocycles. The van der Waals surface area contributed by atoms with E-state index in [1.54, 1.807) is 53.8 Å². The lowest BCUT2D eigenvalue weighted by molar-refractivity contribution is 0.0142. The molecule has 3 amide bonds. The number of rotatable bonds is 7. The molecule has 2 fully saturated rings. The third kappa shape index (κ3) is 7.10. The normalized spacial score (nSPS) is 15.7. The van der Waals surface area contributed by atoms with Crippen molar-refractivity contribution in [1.82, 2.24) is 29.7 Å². The van der Waals surface area contributed by atoms with Crippen LogP contribution in [0, 0.1) is 0 Å². The molecule has 3 heterocycles. The molecule has 10 nitrogen and oxygen atoms in total. The summed E-state index contributed by atoms with van der Waals surface area (Å²) in [6.07, 6.45) is 9.68. The molecule has 1 saturated carbocycles. The molecule has 0 atom stereocenters. The number of benzene rings is 1. The third-order valence-corrected chi connectivity index (χ3v) is 7.49. The highest BCUT2D eigenvalue weighted by atomic mass is 16.6. The van der Waals surface area contributed by atoms with Crippen LogP contribution in [0.25, 0.3) is 11.4 Å². The number of carbonyl (C=O) groups excluding carboxylic acids is 3. The Morgan fingerprint density at radius 1 is 0.857 bits per heavy atom. The summed E-state index contributed by atoms with van der Waals surface area (Å²) in [6.45, 7) is 7.19. The van der Waals surface area contributed by atoms with Crippen LogP contribution in [-0.2, 0) is 11.3 Å². The highest BCUT2D eigenvalue weighted by molar-refractivity contribution is 5.95. The van der Waals surface area contributed by atoms with Gasteiger partial charge in [0.2, 0.25) is 0 Å². The fraction of sp³-hybridized carbons (Fsp3) is 0.438. The molecular weight excluding hydrogens is 532 g/mol. The maximum atomic E-state index is 13.6. The maximum absolute atomic E-state index is 13.6. The average Bonchev–Trinajstić information content (AvgIpc) is 3.82. The second-order valence-electron chi connectivity index (χ2n) is 12.0. The Morgan fingerprint density at radius 3 is 2.02 bits per heavy atom. The van der Waals surface area contributed by atoms with Gasteiger partial charge in [-0.2, -0.15) is 0 Å². The largest absolute Gasteiger partial charge is 0.444 e. The van der Waals surface area contributed by atoms with Crippen LogP contribution in [0.4, 0.5) is 4.79 Å². The number of hydrogen-bond acceptors (Lipinski definition) is 7. The number of hydrogen-bond donors (Lipinski definition) is 0. The lowest BCUT2D eigenvalue weighted by Crippen LogP contribution is -2.50. The van der Waals surface area contributed by atoms with Gasteiger partial charge in [-0.3, -0.25) is 14.6 Å². The van der Waals surface area contributed by atoms with E-state index in [4.69, 9.17) is 4.74 Å². The van der Waals surface area contributed by atoms with Gasteiger partial charge in [0, 0.05) is 74.7 Å². The number of likely N-dealkylation sites (tertiary alicyclic amines) is 1. The van der Waals surface area contributed by atoms with Crippen molar-refractivity contribution >= 4 is 17.9 Å². The van der Waals surface area contributed by atoms with Crippen LogP contribution in [-0.4, -0.2) is 85.4 Å². The van der Waals surface area contributed by atoms with E-state index in [2.05, 4.69) is 15.0 Å². The van der Waals surface area contributed by atoms with Crippen molar-refractivity contribution in [3.05, 3.63) is 77.9 Å². The van der Waals surface area contributed by atoms with Crippen LogP contribution < -0.4 is 0 Å². The van der Waals surface area contributed by atoms with E-state index in [-0.39, 0.29) is 30.0 Å². The van der Waals surface area contributed by atoms with E-state index in [9.17, 15) is 14.4 Å². The molecule has 2 aliphatic rings. The minimum absolute atomic E-state index is 0.0603. The van der Waals surface area contributed by atoms with Crippen molar-refractivity contribution in [3.63, 3.8) is 0 Å². The van der Waals surface area contributed by atoms with Gasteiger partial charge in [0.1, 0.15) is 5.60 Å². The van der Waals surface area contributed by atoms with Crippen molar-refractivity contribution in [2.45, 2.75) is 70.7 Å². The van der Waals surface area contributed by atoms with Crippen LogP contribution in [0.3, 0.4) is 0 Å². The zero-order chi connectivity index (χ0) is 29.9. The molecule has 1 aliphatic heterocycles. The lowest BCUT2D eigenvalue weighted by Gasteiger charge is -2.39. The highest BCUT2D eigenvalue weighted by Gasteiger charge is 2.40. The second-order valence-corrected chi connectivity index (χ2v) is 12.0. The Hall–Kier alpha value is -4.34. The van der Waals surface area contributed by atoms with Gasteiger partial charge in [-0.15, -0.1) is 0 Å². The molecule has 42 heavy (non-hydrogen) atoms. The van der Waals surface area contributed by atoms with Crippen molar-refractivity contribution in [2.24, 2.45) is 0 Å². The SMILES string of the molecule is CN(Cc1ccncc1)C(=O)c1ccc(-c2ncc(C(=O)N(C3CC3)C3CCN(C(=O)OC(C)(C)C)CC3)cn2)cc1. The topological polar surface area (TPSA) is 109 Å². The molecule has 10 heteroatoms. The fourth-order valence-electron chi connectivity index (χ4n) is 5.19. The van der Waals surface area contributed by atoms with E-state index >= 15 is 0 Å². The number of pyridine rings is 1. The minimum atomic E-state index is -0.535. The lowest BCUT2D eigenvalue weighted by atomic mass is 10.0. The molecular formula is C32H38N6O4. The molecule has 0 spiro atoms. The van der Waals surface area contributed by atoms with Gasteiger partial charge in [-0.05, 0) is 76.3 Å². The average molecular weight is 571 g/mol. The number of piperidine rings is 1. The first-order valence-corrected chi connectivity index (χ1v) is 14.5. The molecule has 3 aromatic rings. The molecule has 0 unspecified atom stereocenters. The first-order valence-electron chi connectivity index (χ1n) is 14.5. The van der Waals surface area contributed by atoms with Gasteiger partial charge in [0.15, 0.2) is 5.82 Å². The molecule has 1 saturated heterocycles. The van der Waals surface area contributed by atoms with E-state index in [1.165, 1.54) is 0 Å². The molecule has 5 rings (SSSR count). The summed E-state index contributed by atoms with van der Waals surface area (Å²) in [6, 6.07) is 11.2. The smallest absolute Gasteiger partial charge is 0.410 e. The van der Waals surface area contributed by atoms with E-state index in [0.29, 0.717) is 49.4 Å². The van der Waals surface area contributed by atoms with Crippen LogP contribution in [0.5, 0.6) is 0 Å². The first-order chi connectivity index (χ1) is 20.1. The summed E-state index contributed by atoms with van der Waals surface area (Å²) in [7, 11) is 1.77. The second kappa shape index (κ2) is 12.3. The summed E-state index contributed by atoms with van der Waals surface area (Å²) in [5.41, 5.74) is 2.25. The van der Waals surface area contributed by atoms with E-state index in [0.717, 1.165) is 24.0 Å². The molecule has 2 aromatic heterocycles. The van der Waals surface area contributed by atoms with Crippen molar-refractivity contribution < 1.29 is 19.1 Å². The van der Waals surface area contributed by atoms with Gasteiger partial charge in [0.05, 0.1) is 5.56 Å². The molecule has 1 aromatic carbocycles. The van der Waals surface area contributed by atoms with Crippen LogP contribution in [0.15, 0.2) is 61.2 Å². The highest BCUT2D eigenvalue weighted by Crippen LogP contribution is 2.33. The molecule has 220 valence electrons. The van der Waals surface area contributed by atoms with Gasteiger partial charge < -0.3 is 19.4 Å². The standard InChI is InChI=1S/C32H38N6O4/c1-32(2,3)42-31(41)37-17-13-27(14-18-37)38(26-9-10-26)30(40)25-19-34-28(35-20-25)23-5-7-24(8-6-23)29(39)36(4)21-22-11-15-33-16-12-22/h5-8,11-12,15-16,19-20,26-27H,9-10,13-14,17-18,21H2,1-4H3. The fourth-order valence-corrected chi connectivity index (χ4v) is 5.19. The number of ether oxygens (including phenoxy) is 1. The number of amides is 3. The zero-order valence-corrected chi connectivity index (χ0v) is 24.7. The van der Waals surface area contributed by atoms with Gasteiger partial charge in [0.25, 0.3) is 11.8 Å². The van der Waals surface area contributed by atoms with Crippen molar-refractivity contribution in [2.75, 3.05) is 20.1 Å². The Kier molecular flexibility index (Phi) is 8.51. The van der Waals surface area contributed by atoms with Gasteiger partial charge in [-0.1, -0.05) is 12.1 Å². The summed E-state index contributed by atoms with van der Waals surface area (Å²) in [5, 5.41) is 0. The monoisotopic (exact) mass is 570 g/mol. The molecule has 0 bridgehead atoms. The number of aromatic nitrogens is 3. The summed E-state index contributed by atoms with van der Waals surface area (Å²) in [4.78, 5) is 57.3. The van der Waals surface area contributed by atoms with Crippen LogP contribution in [0.1, 0.15) is 72.7 Å². The minimum Gasteiger partial charge on any atom is -0.444 e. The van der Waals surface area contributed by atoms with E-state index in [1.807, 2.05) is 49.9 Å². The first kappa shape index (κ1) is 29.2. The van der Waals surface area contributed by atoms with Gasteiger partial charge >= 0.3 is 6.09 Å². The summed E-state index contributed by atoms with van der Waals surface area (Å²) in [5.74, 6) is 0.328. The van der Waals surface area contributed by atoms with Crippen LogP contribution >= 0.6 is 0 Å². The Morgan fingerprint density at radius 2 is 1.45 bits per heavy atom. The Labute approximate surface area is 246 Å². The number of nitrogens with zero attached hydrogens (tertiary/aromatic N) is 6. The quantitative estimate of drug-likeness (QED) is 0.401. The zero-order valence-electron chi connectivity index (χ0n) is 24.7. The predicted molar refractivity (Wildman–Crippen MR) is 158 cm³/mol.